The van der Waals surface area contributed by atoms with Gasteiger partial charge in [-0.05, 0) is 31.2 Å². The Morgan fingerprint density at radius 2 is 2.24 bits per heavy atom. The Morgan fingerprint density at radius 1 is 1.47 bits per heavy atom. The smallest absolute Gasteiger partial charge is 0.408 e. The highest BCUT2D eigenvalue weighted by Gasteiger charge is 2.11. The van der Waals surface area contributed by atoms with Gasteiger partial charge in [0.25, 0.3) is 0 Å². The van der Waals surface area contributed by atoms with Crippen LogP contribution < -0.4 is 11.1 Å². The Balaban J connectivity index is 2.47. The Hall–Kier alpha value is -1.55. The number of nitrogens with one attached hydrogen (secondary N) is 1. The minimum absolute atomic E-state index is 0.311. The lowest BCUT2D eigenvalue weighted by Gasteiger charge is -2.15. The van der Waals surface area contributed by atoms with Gasteiger partial charge < -0.3 is 9.73 Å². The van der Waals surface area contributed by atoms with E-state index in [1.807, 2.05) is 25.2 Å². The summed E-state index contributed by atoms with van der Waals surface area (Å²) < 4.78 is 6.71. The largest absolute Gasteiger partial charge is 0.419 e. The van der Waals surface area contributed by atoms with Gasteiger partial charge in [-0.1, -0.05) is 19.4 Å². The predicted octanol–water partition coefficient (Wildman–Crippen LogP) is 2.19. The van der Waals surface area contributed by atoms with E-state index in [1.54, 1.807) is 7.05 Å². The Morgan fingerprint density at radius 3 is 2.88 bits per heavy atom. The first-order chi connectivity index (χ1) is 8.17. The molecule has 0 aliphatic carbocycles. The minimum atomic E-state index is -0.311. The van der Waals surface area contributed by atoms with E-state index in [2.05, 4.69) is 12.2 Å². The van der Waals surface area contributed by atoms with Crippen LogP contribution in [0.25, 0.3) is 11.1 Å². The molecule has 2 rings (SSSR count). The molecule has 0 bridgehead atoms. The number of aryl methyl sites for hydroxylation is 1. The van der Waals surface area contributed by atoms with E-state index in [-0.39, 0.29) is 5.76 Å². The molecule has 0 saturated heterocycles. The van der Waals surface area contributed by atoms with Crippen LogP contribution in [-0.4, -0.2) is 11.6 Å². The molecule has 2 aromatic rings. The van der Waals surface area contributed by atoms with Crippen molar-refractivity contribution in [3.05, 3.63) is 34.3 Å². The van der Waals surface area contributed by atoms with Crippen LogP contribution in [0.4, 0.5) is 0 Å². The van der Waals surface area contributed by atoms with Crippen LogP contribution in [0.15, 0.2) is 27.4 Å². The van der Waals surface area contributed by atoms with E-state index in [4.69, 9.17) is 4.42 Å². The summed E-state index contributed by atoms with van der Waals surface area (Å²) >= 11 is 0. The lowest BCUT2D eigenvalue weighted by molar-refractivity contribution is 0.523. The average Bonchev–Trinajstić information content (AvgIpc) is 2.61. The number of aromatic nitrogens is 1. The molecule has 1 heterocycles. The lowest BCUT2D eigenvalue weighted by Crippen LogP contribution is -2.15. The Kier molecular flexibility index (Phi) is 3.33. The number of hydrogen-bond donors (Lipinski definition) is 1. The number of fused-ring (bicyclic) bond motifs is 1. The summed E-state index contributed by atoms with van der Waals surface area (Å²) in [5.74, 6) is -0.311. The van der Waals surface area contributed by atoms with Crippen LogP contribution in [0.5, 0.6) is 0 Å². The highest BCUT2D eigenvalue weighted by Crippen LogP contribution is 2.22. The normalized spacial score (nSPS) is 13.1. The molecular weight excluding hydrogens is 216 g/mol. The van der Waals surface area contributed by atoms with E-state index < -0.39 is 0 Å². The predicted molar refractivity (Wildman–Crippen MR) is 68.2 cm³/mol. The number of nitrogens with zero attached hydrogens (tertiary/aromatic N) is 1. The van der Waals surface area contributed by atoms with E-state index in [0.717, 1.165) is 23.9 Å². The molecule has 1 aromatic carbocycles. The number of rotatable bonds is 4. The highest BCUT2D eigenvalue weighted by molar-refractivity contribution is 5.73. The summed E-state index contributed by atoms with van der Waals surface area (Å²) in [6, 6.07) is 6.26. The van der Waals surface area contributed by atoms with Crippen LogP contribution in [-0.2, 0) is 7.05 Å². The molecule has 92 valence electrons. The van der Waals surface area contributed by atoms with Gasteiger partial charge in [-0.3, -0.25) is 4.57 Å². The van der Waals surface area contributed by atoms with Crippen molar-refractivity contribution in [1.82, 2.24) is 9.88 Å². The molecule has 0 spiro atoms. The molecule has 1 unspecified atom stereocenters. The van der Waals surface area contributed by atoms with Crippen molar-refractivity contribution >= 4 is 11.1 Å². The van der Waals surface area contributed by atoms with Gasteiger partial charge in [0, 0.05) is 13.1 Å². The van der Waals surface area contributed by atoms with E-state index in [9.17, 15) is 4.79 Å². The van der Waals surface area contributed by atoms with Gasteiger partial charge in [0.05, 0.1) is 5.52 Å². The summed E-state index contributed by atoms with van der Waals surface area (Å²) in [7, 11) is 3.67. The molecule has 1 N–H and O–H groups in total. The first-order valence-corrected chi connectivity index (χ1v) is 5.94. The number of benzene rings is 1. The average molecular weight is 234 g/mol. The molecule has 1 aromatic heterocycles. The third-order valence-corrected chi connectivity index (χ3v) is 3.14. The van der Waals surface area contributed by atoms with Crippen LogP contribution in [0.1, 0.15) is 31.4 Å². The zero-order valence-corrected chi connectivity index (χ0v) is 10.5. The second kappa shape index (κ2) is 4.75. The standard InChI is InChI=1S/C13H18N2O2/c1-4-5-10(14-2)9-6-7-11-12(8-9)17-13(16)15(11)3/h6-8,10,14H,4-5H2,1-3H3. The van der Waals surface area contributed by atoms with Gasteiger partial charge in [0.15, 0.2) is 5.58 Å². The van der Waals surface area contributed by atoms with Crippen molar-refractivity contribution in [2.45, 2.75) is 25.8 Å². The van der Waals surface area contributed by atoms with Gasteiger partial charge >= 0.3 is 5.76 Å². The van der Waals surface area contributed by atoms with Crippen molar-refractivity contribution in [3.8, 4) is 0 Å². The van der Waals surface area contributed by atoms with Gasteiger partial charge in [0.2, 0.25) is 0 Å². The second-order valence-corrected chi connectivity index (χ2v) is 4.28. The van der Waals surface area contributed by atoms with E-state index >= 15 is 0 Å². The monoisotopic (exact) mass is 234 g/mol. The molecule has 4 nitrogen and oxygen atoms in total. The molecule has 0 fully saturated rings. The van der Waals surface area contributed by atoms with Gasteiger partial charge in [-0.2, -0.15) is 0 Å². The number of oxazole rings is 1. The summed E-state index contributed by atoms with van der Waals surface area (Å²) in [5, 5.41) is 3.28. The van der Waals surface area contributed by atoms with Crippen LogP contribution in [0.3, 0.4) is 0 Å². The molecule has 0 amide bonds. The first-order valence-electron chi connectivity index (χ1n) is 5.94. The van der Waals surface area contributed by atoms with Crippen molar-refractivity contribution in [2.75, 3.05) is 7.05 Å². The molecule has 0 aliphatic rings. The maximum atomic E-state index is 11.4. The molecule has 0 aliphatic heterocycles. The zero-order valence-electron chi connectivity index (χ0n) is 10.5. The van der Waals surface area contributed by atoms with Crippen molar-refractivity contribution in [2.24, 2.45) is 7.05 Å². The van der Waals surface area contributed by atoms with Crippen molar-refractivity contribution in [3.63, 3.8) is 0 Å². The second-order valence-electron chi connectivity index (χ2n) is 4.28. The molecular formula is C13H18N2O2. The van der Waals surface area contributed by atoms with Gasteiger partial charge in [-0.25, -0.2) is 4.79 Å². The maximum absolute atomic E-state index is 11.4. The van der Waals surface area contributed by atoms with E-state index in [0.29, 0.717) is 11.6 Å². The minimum Gasteiger partial charge on any atom is -0.408 e. The van der Waals surface area contributed by atoms with Crippen molar-refractivity contribution in [1.29, 1.82) is 0 Å². The molecule has 4 heteroatoms. The summed E-state index contributed by atoms with van der Waals surface area (Å²) in [6.07, 6.45) is 2.18. The molecule has 0 saturated carbocycles. The molecule has 17 heavy (non-hydrogen) atoms. The Labute approximate surface area is 100 Å². The van der Waals surface area contributed by atoms with Crippen LogP contribution >= 0.6 is 0 Å². The molecule has 1 atom stereocenters. The zero-order chi connectivity index (χ0) is 12.4. The SMILES string of the molecule is CCCC(NC)c1ccc2c(c1)oc(=O)n2C. The first kappa shape index (κ1) is 11.9. The van der Waals surface area contributed by atoms with Gasteiger partial charge in [0.1, 0.15) is 0 Å². The fourth-order valence-electron chi connectivity index (χ4n) is 2.13. The maximum Gasteiger partial charge on any atom is 0.419 e. The third-order valence-electron chi connectivity index (χ3n) is 3.14. The summed E-state index contributed by atoms with van der Waals surface area (Å²) in [6.45, 7) is 2.16. The number of hydrogen-bond acceptors (Lipinski definition) is 3. The topological polar surface area (TPSA) is 47.2 Å². The van der Waals surface area contributed by atoms with Crippen molar-refractivity contribution < 1.29 is 4.42 Å². The Bertz CT molecular complexity index is 568. The fourth-order valence-corrected chi connectivity index (χ4v) is 2.13. The van der Waals surface area contributed by atoms with E-state index in [1.165, 1.54) is 4.57 Å². The van der Waals surface area contributed by atoms with Crippen LogP contribution in [0.2, 0.25) is 0 Å². The lowest BCUT2D eigenvalue weighted by atomic mass is 10.0. The quantitative estimate of drug-likeness (QED) is 0.882. The molecule has 0 radical (unpaired) electrons. The summed E-state index contributed by atoms with van der Waals surface area (Å²) in [5.41, 5.74) is 2.66. The third kappa shape index (κ3) is 2.13. The fraction of sp³-hybridized carbons (Fsp3) is 0.462. The van der Waals surface area contributed by atoms with Crippen LogP contribution in [0, 0.1) is 0 Å². The van der Waals surface area contributed by atoms with Gasteiger partial charge in [-0.15, -0.1) is 0 Å². The highest BCUT2D eigenvalue weighted by atomic mass is 16.4. The summed E-state index contributed by atoms with van der Waals surface area (Å²) in [4.78, 5) is 11.4.